The van der Waals surface area contributed by atoms with Crippen molar-refractivity contribution in [3.05, 3.63) is 96.4 Å². The first-order chi connectivity index (χ1) is 16.2. The van der Waals surface area contributed by atoms with Gasteiger partial charge in [-0.25, -0.2) is 4.79 Å². The molecule has 0 spiro atoms. The van der Waals surface area contributed by atoms with Gasteiger partial charge in [-0.15, -0.1) is 5.41 Å². The van der Waals surface area contributed by atoms with E-state index in [-0.39, 0.29) is 47.1 Å². The molecule has 1 aliphatic rings. The standard InChI is InChI=1S/C27H21N2O4.Na.H2O/c30-17-27(14-15-27)23-12-10-21(11-13-23)20-6-8-22(9-7-20)24-25(28-18-33-24)29-26(31)32-16-19-4-2-1-3-5-19;;/h1-13,18H,14-16H2,(H,29,31);;1H2/q-1;+1;/p-1. The fraction of sp³-hybridized carbons (Fsp3) is 0.148. The van der Waals surface area contributed by atoms with Crippen molar-refractivity contribution >= 4 is 18.2 Å². The normalized spacial score (nSPS) is 13.0. The first-order valence-corrected chi connectivity index (χ1v) is 10.7. The van der Waals surface area contributed by atoms with Crippen LogP contribution in [0.2, 0.25) is 0 Å². The van der Waals surface area contributed by atoms with Crippen LogP contribution in [-0.2, 0) is 21.6 Å². The molecule has 35 heavy (non-hydrogen) atoms. The van der Waals surface area contributed by atoms with Gasteiger partial charge in [0.05, 0.1) is 0 Å². The van der Waals surface area contributed by atoms with E-state index in [1.807, 2.05) is 78.9 Å². The Bertz CT molecular complexity index is 1270. The van der Waals surface area contributed by atoms with Crippen molar-refractivity contribution in [1.29, 1.82) is 0 Å². The van der Waals surface area contributed by atoms with E-state index in [1.165, 1.54) is 6.39 Å². The van der Waals surface area contributed by atoms with Crippen molar-refractivity contribution in [3.8, 4) is 22.5 Å². The zero-order chi connectivity index (χ0) is 22.7. The van der Waals surface area contributed by atoms with Crippen LogP contribution in [0.1, 0.15) is 24.0 Å². The third kappa shape index (κ3) is 5.89. The summed E-state index contributed by atoms with van der Waals surface area (Å²) in [5.41, 5.74) is 4.38. The molecule has 8 heteroatoms. The second-order valence-corrected chi connectivity index (χ2v) is 8.06. The monoisotopic (exact) mass is 477 g/mol. The second kappa shape index (κ2) is 11.5. The summed E-state index contributed by atoms with van der Waals surface area (Å²) in [4.78, 5) is 27.5. The van der Waals surface area contributed by atoms with Crippen LogP contribution in [-0.4, -0.2) is 22.8 Å². The van der Waals surface area contributed by atoms with Gasteiger partial charge in [0, 0.05) is 5.56 Å². The maximum Gasteiger partial charge on any atom is 1.00 e. The summed E-state index contributed by atoms with van der Waals surface area (Å²) in [5.74, 6) is 0.746. The molecule has 1 fully saturated rings. The molecule has 0 saturated heterocycles. The molecule has 0 aliphatic heterocycles. The Kier molecular flexibility index (Phi) is 8.64. The average Bonchev–Trinajstić information content (AvgIpc) is 3.55. The number of amides is 1. The van der Waals surface area contributed by atoms with Crippen LogP contribution in [0.3, 0.4) is 0 Å². The molecule has 0 radical (unpaired) electrons. The summed E-state index contributed by atoms with van der Waals surface area (Å²) in [6, 6.07) is 25.3. The van der Waals surface area contributed by atoms with Crippen LogP contribution in [0, 0.1) is 0 Å². The van der Waals surface area contributed by atoms with Crippen LogP contribution in [0.15, 0.2) is 89.7 Å². The molecule has 1 heterocycles. The summed E-state index contributed by atoms with van der Waals surface area (Å²) < 4.78 is 10.8. The van der Waals surface area contributed by atoms with Crippen LogP contribution < -0.4 is 34.9 Å². The quantitative estimate of drug-likeness (QED) is 0.324. The van der Waals surface area contributed by atoms with Gasteiger partial charge in [-0.05, 0) is 16.7 Å². The van der Waals surface area contributed by atoms with Gasteiger partial charge in [0.15, 0.2) is 18.0 Å². The predicted molar refractivity (Wildman–Crippen MR) is 126 cm³/mol. The predicted octanol–water partition coefficient (Wildman–Crippen LogP) is 2.73. The number of hydrogen-bond acceptors (Lipinski definition) is 6. The van der Waals surface area contributed by atoms with E-state index in [4.69, 9.17) is 9.15 Å². The Morgan fingerprint density at radius 1 is 0.943 bits per heavy atom. The fourth-order valence-corrected chi connectivity index (χ4v) is 3.77. The molecule has 1 aliphatic carbocycles. The van der Waals surface area contributed by atoms with E-state index in [2.05, 4.69) is 16.6 Å². The SMILES string of the molecule is O=[C-]C1(c2ccc(-c3ccc(-c4ocnc4NC(=O)OCc4ccccc4)cc3)cc2)CC1.[Na+].[OH-]. The molecule has 1 saturated carbocycles. The number of carbonyl (C=O) groups is 1. The van der Waals surface area contributed by atoms with E-state index < -0.39 is 6.09 Å². The molecule has 1 amide bonds. The number of rotatable bonds is 7. The maximum absolute atomic E-state index is 12.2. The average molecular weight is 477 g/mol. The number of anilines is 1. The number of nitrogens with zero attached hydrogens (tertiary/aromatic N) is 1. The number of aromatic nitrogens is 1. The van der Waals surface area contributed by atoms with Crippen LogP contribution in [0.5, 0.6) is 0 Å². The number of benzene rings is 3. The van der Waals surface area contributed by atoms with Crippen LogP contribution in [0.25, 0.3) is 22.5 Å². The van der Waals surface area contributed by atoms with E-state index in [1.54, 1.807) is 0 Å². The second-order valence-electron chi connectivity index (χ2n) is 8.06. The largest absolute Gasteiger partial charge is 1.00 e. The van der Waals surface area contributed by atoms with Gasteiger partial charge in [-0.1, -0.05) is 97.3 Å². The van der Waals surface area contributed by atoms with Crippen molar-refractivity contribution < 1.29 is 53.8 Å². The summed E-state index contributed by atoms with van der Waals surface area (Å²) in [6.07, 6.45) is 4.61. The zero-order valence-electron chi connectivity index (χ0n) is 19.2. The molecule has 172 valence electrons. The summed E-state index contributed by atoms with van der Waals surface area (Å²) in [5, 5.41) is 2.64. The molecule has 5 rings (SSSR count). The van der Waals surface area contributed by atoms with Gasteiger partial charge in [-0.3, -0.25) is 11.6 Å². The van der Waals surface area contributed by atoms with E-state index >= 15 is 0 Å². The Morgan fingerprint density at radius 2 is 1.54 bits per heavy atom. The molecular weight excluding hydrogens is 455 g/mol. The van der Waals surface area contributed by atoms with Gasteiger partial charge >= 0.3 is 35.7 Å². The summed E-state index contributed by atoms with van der Waals surface area (Å²) in [7, 11) is 0. The number of hydrogen-bond donors (Lipinski definition) is 1. The van der Waals surface area contributed by atoms with Gasteiger partial charge in [0.25, 0.3) is 0 Å². The number of carbonyl (C=O) groups excluding carboxylic acids is 2. The van der Waals surface area contributed by atoms with E-state index in [0.717, 1.165) is 40.7 Å². The number of oxazole rings is 1. The Labute approximate surface area is 225 Å². The topological polar surface area (TPSA) is 111 Å². The minimum atomic E-state index is -0.605. The molecular formula is C27H22N2NaO5-. The Morgan fingerprint density at radius 3 is 2.14 bits per heavy atom. The van der Waals surface area contributed by atoms with Crippen molar-refractivity contribution in [2.45, 2.75) is 24.9 Å². The van der Waals surface area contributed by atoms with Crippen molar-refractivity contribution in [2.75, 3.05) is 5.32 Å². The molecule has 4 aromatic rings. The van der Waals surface area contributed by atoms with Gasteiger partial charge in [0.1, 0.15) is 6.61 Å². The van der Waals surface area contributed by atoms with Crippen molar-refractivity contribution in [1.82, 2.24) is 4.98 Å². The van der Waals surface area contributed by atoms with Gasteiger partial charge in [-0.2, -0.15) is 4.98 Å². The fourth-order valence-electron chi connectivity index (χ4n) is 3.77. The third-order valence-corrected chi connectivity index (χ3v) is 5.86. The zero-order valence-corrected chi connectivity index (χ0v) is 21.2. The summed E-state index contributed by atoms with van der Waals surface area (Å²) in [6.45, 7) is 0.166. The Balaban J connectivity index is 0.00000171. The molecule has 1 aromatic heterocycles. The minimum absolute atomic E-state index is 0. The molecule has 7 nitrogen and oxygen atoms in total. The maximum atomic E-state index is 12.2. The van der Waals surface area contributed by atoms with Crippen molar-refractivity contribution in [2.24, 2.45) is 0 Å². The van der Waals surface area contributed by atoms with Crippen molar-refractivity contribution in [3.63, 3.8) is 0 Å². The van der Waals surface area contributed by atoms with E-state index in [0.29, 0.717) is 11.6 Å². The molecule has 2 N–H and O–H groups in total. The number of ether oxygens (including phenoxy) is 1. The van der Waals surface area contributed by atoms with Crippen LogP contribution >= 0.6 is 0 Å². The molecule has 0 atom stereocenters. The Hall–Kier alpha value is -3.23. The molecule has 0 bridgehead atoms. The van der Waals surface area contributed by atoms with Gasteiger partial charge < -0.3 is 19.4 Å². The van der Waals surface area contributed by atoms with Crippen LogP contribution in [0.4, 0.5) is 10.6 Å². The smallest absolute Gasteiger partial charge is 0.870 e. The number of nitrogens with one attached hydrogen (secondary N) is 1. The summed E-state index contributed by atoms with van der Waals surface area (Å²) >= 11 is 0. The molecule has 0 unspecified atom stereocenters. The minimum Gasteiger partial charge on any atom is -0.870 e. The molecule has 3 aromatic carbocycles. The van der Waals surface area contributed by atoms with E-state index in [9.17, 15) is 9.59 Å². The first kappa shape index (κ1) is 26.4. The third-order valence-electron chi connectivity index (χ3n) is 5.86. The first-order valence-electron chi connectivity index (χ1n) is 10.7. The van der Waals surface area contributed by atoms with Gasteiger partial charge in [0.2, 0.25) is 0 Å².